The number of carboxylic acids is 1. The van der Waals surface area contributed by atoms with Gasteiger partial charge in [0, 0.05) is 12.1 Å². The first-order valence-corrected chi connectivity index (χ1v) is 8.86. The number of aliphatic carboxylic acids is 1. The van der Waals surface area contributed by atoms with E-state index in [0.29, 0.717) is 17.5 Å². The highest BCUT2D eigenvalue weighted by molar-refractivity contribution is 5.95. The van der Waals surface area contributed by atoms with Crippen LogP contribution in [-0.4, -0.2) is 60.9 Å². The summed E-state index contributed by atoms with van der Waals surface area (Å²) in [6, 6.07) is 5.29. The highest BCUT2D eigenvalue weighted by atomic mass is 16.6. The van der Waals surface area contributed by atoms with Crippen molar-refractivity contribution >= 4 is 30.0 Å². The number of hydrogen-bond acceptors (Lipinski definition) is 7. The fraction of sp³-hybridized carbons (Fsp3) is 0.389. The van der Waals surface area contributed by atoms with E-state index in [1.165, 1.54) is 6.21 Å². The molecule has 0 radical (unpaired) electrons. The Bertz CT molecular complexity index is 735. The first-order chi connectivity index (χ1) is 13.8. The molecule has 0 saturated heterocycles. The third kappa shape index (κ3) is 9.75. The quantitative estimate of drug-likeness (QED) is 0.144. The van der Waals surface area contributed by atoms with Gasteiger partial charge in [-0.15, -0.1) is 0 Å². The molecule has 6 N–H and O–H groups in total. The molecule has 1 atom stereocenters. The summed E-state index contributed by atoms with van der Waals surface area (Å²) >= 11 is 0. The van der Waals surface area contributed by atoms with E-state index >= 15 is 0 Å². The lowest BCUT2D eigenvalue weighted by Gasteiger charge is -2.15. The number of carboxylic acid groups (broad SMARTS) is 1. The SMILES string of the molecule is CCCCOC(=O)N[C@@H](CNC(=O)CON=Cc1ccc(C(=N)N)cc1)C(=O)O. The molecule has 0 aromatic heterocycles. The molecule has 0 bridgehead atoms. The van der Waals surface area contributed by atoms with Crippen molar-refractivity contribution in [3.8, 4) is 0 Å². The molecule has 0 unspecified atom stereocenters. The Hall–Kier alpha value is -3.63. The Labute approximate surface area is 167 Å². The minimum Gasteiger partial charge on any atom is -0.480 e. The molecule has 1 rings (SSSR count). The molecule has 158 valence electrons. The van der Waals surface area contributed by atoms with Crippen molar-refractivity contribution in [3.63, 3.8) is 0 Å². The lowest BCUT2D eigenvalue weighted by molar-refractivity contribution is -0.139. The van der Waals surface area contributed by atoms with Crippen LogP contribution in [0.1, 0.15) is 30.9 Å². The van der Waals surface area contributed by atoms with Gasteiger partial charge in [-0.3, -0.25) is 10.2 Å². The summed E-state index contributed by atoms with van der Waals surface area (Å²) in [4.78, 5) is 39.2. The lowest BCUT2D eigenvalue weighted by Crippen LogP contribution is -2.49. The summed E-state index contributed by atoms with van der Waals surface area (Å²) in [7, 11) is 0. The van der Waals surface area contributed by atoms with Crippen LogP contribution in [-0.2, 0) is 19.2 Å². The zero-order chi connectivity index (χ0) is 21.6. The zero-order valence-electron chi connectivity index (χ0n) is 16.0. The van der Waals surface area contributed by atoms with Crippen molar-refractivity contribution in [1.82, 2.24) is 10.6 Å². The van der Waals surface area contributed by atoms with Gasteiger partial charge in [0.1, 0.15) is 11.9 Å². The van der Waals surface area contributed by atoms with E-state index in [2.05, 4.69) is 15.8 Å². The number of nitrogens with zero attached hydrogens (tertiary/aromatic N) is 1. The molecule has 11 nitrogen and oxygen atoms in total. The van der Waals surface area contributed by atoms with Crippen LogP contribution in [0.25, 0.3) is 0 Å². The first-order valence-electron chi connectivity index (χ1n) is 8.86. The second-order valence-electron chi connectivity index (χ2n) is 5.87. The third-order valence-corrected chi connectivity index (χ3v) is 3.52. The molecule has 11 heteroatoms. The normalized spacial score (nSPS) is 11.5. The first kappa shape index (κ1) is 23.4. The largest absolute Gasteiger partial charge is 0.480 e. The number of hydrogen-bond donors (Lipinski definition) is 5. The number of oxime groups is 1. The molecule has 0 aliphatic carbocycles. The molecule has 1 aromatic rings. The number of alkyl carbamates (subject to hydrolysis) is 1. The van der Waals surface area contributed by atoms with Crippen LogP contribution in [0, 0.1) is 5.41 Å². The summed E-state index contributed by atoms with van der Waals surface area (Å²) in [6.07, 6.45) is 2.00. The number of ether oxygens (including phenoxy) is 1. The second-order valence-corrected chi connectivity index (χ2v) is 5.87. The standard InChI is InChI=1S/C18H25N5O6/c1-2-3-8-28-18(27)23-14(17(25)26)10-21-15(24)11-29-22-9-12-4-6-13(7-5-12)16(19)20/h4-7,9,14H,2-3,8,10-11H2,1H3,(H3,19,20)(H,21,24)(H,23,27)(H,25,26)/t14-/m0/s1. The van der Waals surface area contributed by atoms with Crippen LogP contribution in [0.3, 0.4) is 0 Å². The van der Waals surface area contributed by atoms with E-state index in [9.17, 15) is 14.4 Å². The highest BCUT2D eigenvalue weighted by Crippen LogP contribution is 2.01. The van der Waals surface area contributed by atoms with Crippen molar-refractivity contribution in [3.05, 3.63) is 35.4 Å². The minimum atomic E-state index is -1.34. The molecule has 0 aliphatic rings. The predicted octanol–water partition coefficient (Wildman–Crippen LogP) is 0.417. The van der Waals surface area contributed by atoms with Crippen LogP contribution < -0.4 is 16.4 Å². The van der Waals surface area contributed by atoms with Gasteiger partial charge in [0.15, 0.2) is 6.61 Å². The molecule has 0 spiro atoms. The number of nitrogens with one attached hydrogen (secondary N) is 3. The van der Waals surface area contributed by atoms with E-state index in [0.717, 1.165) is 6.42 Å². The number of amides is 2. The van der Waals surface area contributed by atoms with Crippen molar-refractivity contribution in [2.24, 2.45) is 10.9 Å². The smallest absolute Gasteiger partial charge is 0.407 e. The third-order valence-electron chi connectivity index (χ3n) is 3.52. The average Bonchev–Trinajstić information content (AvgIpc) is 2.68. The van der Waals surface area contributed by atoms with Gasteiger partial charge in [0.2, 0.25) is 0 Å². The molecule has 0 heterocycles. The Morgan fingerprint density at radius 3 is 2.59 bits per heavy atom. The summed E-state index contributed by atoms with van der Waals surface area (Å²) in [5.41, 5.74) is 6.60. The predicted molar refractivity (Wildman–Crippen MR) is 105 cm³/mol. The minimum absolute atomic E-state index is 0.0511. The summed E-state index contributed by atoms with van der Waals surface area (Å²) in [5, 5.41) is 24.5. The van der Waals surface area contributed by atoms with Gasteiger partial charge in [-0.25, -0.2) is 9.59 Å². The number of rotatable bonds is 12. The summed E-state index contributed by atoms with van der Waals surface area (Å²) in [6.45, 7) is 1.34. The molecular weight excluding hydrogens is 382 g/mol. The number of unbranched alkanes of at least 4 members (excludes halogenated alkanes) is 1. The van der Waals surface area contributed by atoms with Gasteiger partial charge in [0.25, 0.3) is 5.91 Å². The van der Waals surface area contributed by atoms with Gasteiger partial charge in [-0.1, -0.05) is 42.8 Å². The number of nitrogens with two attached hydrogens (primary N) is 1. The molecule has 0 saturated carbocycles. The van der Waals surface area contributed by atoms with Crippen LogP contribution in [0.4, 0.5) is 4.79 Å². The van der Waals surface area contributed by atoms with Gasteiger partial charge in [0.05, 0.1) is 12.8 Å². The average molecular weight is 407 g/mol. The molecule has 1 aromatic carbocycles. The zero-order valence-corrected chi connectivity index (χ0v) is 16.0. The van der Waals surface area contributed by atoms with Crippen molar-refractivity contribution in [2.75, 3.05) is 19.8 Å². The molecular formula is C18H25N5O6. The fourth-order valence-corrected chi connectivity index (χ4v) is 1.90. The molecule has 2 amide bonds. The Morgan fingerprint density at radius 2 is 2.00 bits per heavy atom. The number of carbonyl (C=O) groups is 3. The van der Waals surface area contributed by atoms with Gasteiger partial charge < -0.3 is 31.0 Å². The van der Waals surface area contributed by atoms with Crippen molar-refractivity contribution < 1.29 is 29.1 Å². The Kier molecular flexibility index (Phi) is 10.3. The molecule has 0 aliphatic heterocycles. The van der Waals surface area contributed by atoms with Crippen LogP contribution in [0.2, 0.25) is 0 Å². The maximum Gasteiger partial charge on any atom is 0.407 e. The lowest BCUT2D eigenvalue weighted by atomic mass is 10.1. The van der Waals surface area contributed by atoms with Crippen LogP contribution in [0.15, 0.2) is 29.4 Å². The summed E-state index contributed by atoms with van der Waals surface area (Å²) in [5.74, 6) is -1.98. The summed E-state index contributed by atoms with van der Waals surface area (Å²) < 4.78 is 4.82. The van der Waals surface area contributed by atoms with Gasteiger partial charge >= 0.3 is 12.1 Å². The molecule has 29 heavy (non-hydrogen) atoms. The monoisotopic (exact) mass is 407 g/mol. The number of amidine groups is 1. The van der Waals surface area contributed by atoms with Crippen molar-refractivity contribution in [2.45, 2.75) is 25.8 Å². The Balaban J connectivity index is 2.35. The maximum atomic E-state index is 11.7. The number of nitrogen functional groups attached to an aromatic ring is 1. The van der Waals surface area contributed by atoms with E-state index in [1.807, 2.05) is 6.92 Å². The number of carbonyl (C=O) groups excluding carboxylic acids is 2. The van der Waals surface area contributed by atoms with Crippen molar-refractivity contribution in [1.29, 1.82) is 5.41 Å². The topological polar surface area (TPSA) is 176 Å². The van der Waals surface area contributed by atoms with Crippen LogP contribution >= 0.6 is 0 Å². The molecule has 0 fully saturated rings. The van der Waals surface area contributed by atoms with Crippen LogP contribution in [0.5, 0.6) is 0 Å². The van der Waals surface area contributed by atoms with E-state index < -0.39 is 30.6 Å². The Morgan fingerprint density at radius 1 is 1.31 bits per heavy atom. The van der Waals surface area contributed by atoms with E-state index in [1.54, 1.807) is 24.3 Å². The highest BCUT2D eigenvalue weighted by Gasteiger charge is 2.21. The maximum absolute atomic E-state index is 11.7. The fourth-order valence-electron chi connectivity index (χ4n) is 1.90. The van der Waals surface area contributed by atoms with Gasteiger partial charge in [-0.05, 0) is 12.0 Å². The number of benzene rings is 1. The van der Waals surface area contributed by atoms with E-state index in [4.69, 9.17) is 25.8 Å². The van der Waals surface area contributed by atoms with E-state index in [-0.39, 0.29) is 19.0 Å². The second kappa shape index (κ2) is 12.7. The van der Waals surface area contributed by atoms with Gasteiger partial charge in [-0.2, -0.15) is 0 Å².